The van der Waals surface area contributed by atoms with Crippen LogP contribution in [-0.2, 0) is 0 Å². The fourth-order valence-electron chi connectivity index (χ4n) is 4.17. The van der Waals surface area contributed by atoms with Gasteiger partial charge in [0.15, 0.2) is 0 Å². The maximum atomic E-state index is 2.26. The zero-order chi connectivity index (χ0) is 23.9. The van der Waals surface area contributed by atoms with E-state index in [1.54, 1.807) is 0 Å². The van der Waals surface area contributed by atoms with Crippen molar-refractivity contribution in [2.75, 3.05) is 0 Å². The lowest BCUT2D eigenvalue weighted by molar-refractivity contribution is 1.46. The van der Waals surface area contributed by atoms with E-state index in [2.05, 4.69) is 159 Å². The number of rotatable bonds is 6. The van der Waals surface area contributed by atoms with Gasteiger partial charge in [-0.3, -0.25) is 0 Å². The van der Waals surface area contributed by atoms with Crippen LogP contribution in [0.2, 0.25) is 0 Å². The Kier molecular flexibility index (Phi) is 6.82. The molecule has 0 amide bonds. The Labute approximate surface area is 208 Å². The molecule has 0 aliphatic heterocycles. The average molecular weight is 449 g/mol. The molecule has 0 atom stereocenters. The third-order valence-electron chi connectivity index (χ3n) is 6.18. The summed E-state index contributed by atoms with van der Waals surface area (Å²) in [5.74, 6) is 0. The van der Waals surface area contributed by atoms with Gasteiger partial charge in [0.2, 0.25) is 0 Å². The van der Waals surface area contributed by atoms with E-state index >= 15 is 0 Å². The van der Waals surface area contributed by atoms with Gasteiger partial charge in [-0.25, -0.2) is 0 Å². The molecule has 0 radical (unpaired) electrons. The number of aryl methyl sites for hydroxylation is 1. The van der Waals surface area contributed by atoms with Crippen LogP contribution in [0.5, 0.6) is 0 Å². The first-order valence-corrected chi connectivity index (χ1v) is 12.0. The molecule has 0 saturated heterocycles. The van der Waals surface area contributed by atoms with Crippen LogP contribution in [0, 0.1) is 6.92 Å². The highest BCUT2D eigenvalue weighted by atomic mass is 14.1. The molecule has 168 valence electrons. The predicted molar refractivity (Wildman–Crippen MR) is 152 cm³/mol. The molecule has 0 saturated carbocycles. The van der Waals surface area contributed by atoms with E-state index in [-0.39, 0.29) is 0 Å². The monoisotopic (exact) mass is 448 g/mol. The third-order valence-corrected chi connectivity index (χ3v) is 6.18. The van der Waals surface area contributed by atoms with Crippen LogP contribution in [0.3, 0.4) is 0 Å². The summed E-state index contributed by atoms with van der Waals surface area (Å²) in [6, 6.07) is 47.3. The highest BCUT2D eigenvalue weighted by Gasteiger charge is 2.06. The Morgan fingerprint density at radius 2 is 0.886 bits per heavy atom. The molecule has 35 heavy (non-hydrogen) atoms. The molecule has 5 rings (SSSR count). The minimum atomic E-state index is 1.20. The fourth-order valence-corrected chi connectivity index (χ4v) is 4.17. The average Bonchev–Trinajstić information content (AvgIpc) is 2.93. The van der Waals surface area contributed by atoms with Crippen molar-refractivity contribution >= 4 is 23.8 Å². The SMILES string of the molecule is Cc1ccc(/C=C/c2ccc(-c3ccc(/C(=C\c4ccccc4)c4ccccc4)cc3)cc2)cc1. The van der Waals surface area contributed by atoms with Crippen LogP contribution in [0.4, 0.5) is 0 Å². The lowest BCUT2D eigenvalue weighted by Gasteiger charge is -2.11. The van der Waals surface area contributed by atoms with Crippen molar-refractivity contribution in [2.45, 2.75) is 6.92 Å². The third kappa shape index (κ3) is 5.75. The van der Waals surface area contributed by atoms with Gasteiger partial charge in [0.1, 0.15) is 0 Å². The van der Waals surface area contributed by atoms with Crippen LogP contribution in [0.25, 0.3) is 34.9 Å². The molecule has 5 aromatic carbocycles. The van der Waals surface area contributed by atoms with Gasteiger partial charge < -0.3 is 0 Å². The summed E-state index contributed by atoms with van der Waals surface area (Å²) >= 11 is 0. The van der Waals surface area contributed by atoms with E-state index in [1.807, 2.05) is 0 Å². The molecule has 0 N–H and O–H groups in total. The van der Waals surface area contributed by atoms with E-state index in [4.69, 9.17) is 0 Å². The van der Waals surface area contributed by atoms with Gasteiger partial charge in [0.05, 0.1) is 0 Å². The molecule has 0 bridgehead atoms. The van der Waals surface area contributed by atoms with Crippen LogP contribution < -0.4 is 0 Å². The molecule has 0 spiro atoms. The molecule has 0 unspecified atom stereocenters. The summed E-state index contributed by atoms with van der Waals surface area (Å²) in [5.41, 5.74) is 11.0. The lowest BCUT2D eigenvalue weighted by atomic mass is 9.94. The molecular weight excluding hydrogens is 420 g/mol. The van der Waals surface area contributed by atoms with Crippen LogP contribution >= 0.6 is 0 Å². The van der Waals surface area contributed by atoms with Gasteiger partial charge >= 0.3 is 0 Å². The minimum absolute atomic E-state index is 1.20. The number of hydrogen-bond acceptors (Lipinski definition) is 0. The van der Waals surface area contributed by atoms with Crippen molar-refractivity contribution in [1.29, 1.82) is 0 Å². The van der Waals surface area contributed by atoms with Crippen molar-refractivity contribution in [1.82, 2.24) is 0 Å². The van der Waals surface area contributed by atoms with Crippen molar-refractivity contribution in [3.8, 4) is 11.1 Å². The van der Waals surface area contributed by atoms with Crippen molar-refractivity contribution in [2.24, 2.45) is 0 Å². The van der Waals surface area contributed by atoms with Gasteiger partial charge in [-0.05, 0) is 57.5 Å². The Morgan fingerprint density at radius 3 is 1.46 bits per heavy atom. The van der Waals surface area contributed by atoms with Gasteiger partial charge in [0, 0.05) is 0 Å². The maximum absolute atomic E-state index is 2.26. The highest BCUT2D eigenvalue weighted by Crippen LogP contribution is 2.29. The molecule has 0 aromatic heterocycles. The van der Waals surface area contributed by atoms with Gasteiger partial charge in [0.25, 0.3) is 0 Å². The first-order valence-electron chi connectivity index (χ1n) is 12.0. The molecule has 0 aliphatic carbocycles. The summed E-state index contributed by atoms with van der Waals surface area (Å²) in [7, 11) is 0. The maximum Gasteiger partial charge on any atom is -0.0105 e. The first kappa shape index (κ1) is 22.4. The van der Waals surface area contributed by atoms with Gasteiger partial charge in [-0.1, -0.05) is 151 Å². The van der Waals surface area contributed by atoms with E-state index in [1.165, 1.54) is 50.1 Å². The van der Waals surface area contributed by atoms with E-state index < -0.39 is 0 Å². The second kappa shape index (κ2) is 10.7. The van der Waals surface area contributed by atoms with Gasteiger partial charge in [-0.2, -0.15) is 0 Å². The van der Waals surface area contributed by atoms with Crippen LogP contribution in [0.15, 0.2) is 133 Å². The number of hydrogen-bond donors (Lipinski definition) is 0. The summed E-state index contributed by atoms with van der Waals surface area (Å²) in [4.78, 5) is 0. The molecule has 0 fully saturated rings. The zero-order valence-electron chi connectivity index (χ0n) is 19.9. The van der Waals surface area contributed by atoms with Gasteiger partial charge in [-0.15, -0.1) is 0 Å². The molecule has 0 heteroatoms. The number of benzene rings is 5. The Balaban J connectivity index is 1.38. The standard InChI is InChI=1S/C35H28/c1-27-12-14-28(15-13-27)16-17-29-18-20-31(21-19-29)32-22-24-34(25-23-32)35(33-10-6-3-7-11-33)26-30-8-4-2-5-9-30/h2-26H,1H3/b17-16+,35-26-. The molecule has 0 heterocycles. The fraction of sp³-hybridized carbons (Fsp3) is 0.0286. The molecule has 5 aromatic rings. The summed E-state index contributed by atoms with van der Waals surface area (Å²) in [6.45, 7) is 2.11. The molecular formula is C35H28. The quantitative estimate of drug-likeness (QED) is 0.227. The second-order valence-corrected chi connectivity index (χ2v) is 8.78. The smallest absolute Gasteiger partial charge is 0.0105 e. The minimum Gasteiger partial charge on any atom is -0.0622 e. The summed E-state index contributed by atoms with van der Waals surface area (Å²) in [5, 5.41) is 0. The highest BCUT2D eigenvalue weighted by molar-refractivity contribution is 5.91. The Bertz CT molecular complexity index is 1420. The second-order valence-electron chi connectivity index (χ2n) is 8.78. The summed E-state index contributed by atoms with van der Waals surface area (Å²) in [6.07, 6.45) is 6.59. The molecule has 0 aliphatic rings. The van der Waals surface area contributed by atoms with E-state index in [0.717, 1.165) is 0 Å². The largest absolute Gasteiger partial charge is 0.0622 e. The lowest BCUT2D eigenvalue weighted by Crippen LogP contribution is -1.89. The van der Waals surface area contributed by atoms with Crippen LogP contribution in [-0.4, -0.2) is 0 Å². The van der Waals surface area contributed by atoms with Crippen LogP contribution in [0.1, 0.15) is 33.4 Å². The topological polar surface area (TPSA) is 0 Å². The van der Waals surface area contributed by atoms with Crippen molar-refractivity contribution in [3.05, 3.63) is 167 Å². The molecule has 0 nitrogen and oxygen atoms in total. The van der Waals surface area contributed by atoms with E-state index in [9.17, 15) is 0 Å². The first-order chi connectivity index (χ1) is 17.2. The Morgan fingerprint density at radius 1 is 0.429 bits per heavy atom. The predicted octanol–water partition coefficient (Wildman–Crippen LogP) is 9.42. The van der Waals surface area contributed by atoms with Crippen molar-refractivity contribution < 1.29 is 0 Å². The zero-order valence-corrected chi connectivity index (χ0v) is 19.9. The summed E-state index contributed by atoms with van der Waals surface area (Å²) < 4.78 is 0. The van der Waals surface area contributed by atoms with E-state index in [0.29, 0.717) is 0 Å². The Hall–Kier alpha value is -4.42. The van der Waals surface area contributed by atoms with Crippen molar-refractivity contribution in [3.63, 3.8) is 0 Å². The normalized spacial score (nSPS) is 11.6.